The Morgan fingerprint density at radius 3 is 2.33 bits per heavy atom. The van der Waals surface area contributed by atoms with Crippen LogP contribution in [-0.4, -0.2) is 13.8 Å². The highest BCUT2D eigenvalue weighted by Crippen LogP contribution is 2.14. The summed E-state index contributed by atoms with van der Waals surface area (Å²) in [6.45, 7) is 1.92. The molecule has 0 N–H and O–H groups in total. The Bertz CT molecular complexity index is 267. The molecule has 0 heterocycles. The summed E-state index contributed by atoms with van der Waals surface area (Å²) in [6.07, 6.45) is 0. The van der Waals surface area contributed by atoms with Gasteiger partial charge in [-0.3, -0.25) is 0 Å². The SMILES string of the molecule is COc1ccccc1C#N.CP. The van der Waals surface area contributed by atoms with Crippen molar-refractivity contribution in [1.82, 2.24) is 0 Å². The Balaban J connectivity index is 0.000000561. The number of hydrogen-bond donors (Lipinski definition) is 0. The van der Waals surface area contributed by atoms with Crippen LogP contribution in [0.5, 0.6) is 5.75 Å². The molecule has 0 amide bonds. The van der Waals surface area contributed by atoms with Crippen LogP contribution in [0.15, 0.2) is 24.3 Å². The van der Waals surface area contributed by atoms with Gasteiger partial charge < -0.3 is 4.74 Å². The second-order valence-corrected chi connectivity index (χ2v) is 1.81. The van der Waals surface area contributed by atoms with E-state index in [1.165, 1.54) is 0 Å². The first-order chi connectivity index (χ1) is 5.88. The van der Waals surface area contributed by atoms with Gasteiger partial charge in [-0.1, -0.05) is 18.8 Å². The van der Waals surface area contributed by atoms with E-state index in [-0.39, 0.29) is 0 Å². The average Bonchev–Trinajstić information content (AvgIpc) is 2.20. The van der Waals surface area contributed by atoms with Crippen LogP contribution < -0.4 is 4.74 Å². The molecule has 0 aliphatic heterocycles. The molecule has 0 aromatic heterocycles. The van der Waals surface area contributed by atoms with Gasteiger partial charge in [-0.15, -0.1) is 9.24 Å². The quantitative estimate of drug-likeness (QED) is 0.621. The molecule has 2 nitrogen and oxygen atoms in total. The number of rotatable bonds is 1. The van der Waals surface area contributed by atoms with Crippen molar-refractivity contribution in [3.8, 4) is 11.8 Å². The van der Waals surface area contributed by atoms with Crippen LogP contribution in [0.3, 0.4) is 0 Å². The zero-order valence-electron chi connectivity index (χ0n) is 7.24. The lowest BCUT2D eigenvalue weighted by atomic mass is 10.2. The summed E-state index contributed by atoms with van der Waals surface area (Å²) in [5, 5.41) is 8.52. The topological polar surface area (TPSA) is 33.0 Å². The molecule has 0 saturated carbocycles. The van der Waals surface area contributed by atoms with Crippen molar-refractivity contribution in [1.29, 1.82) is 5.26 Å². The first kappa shape index (κ1) is 10.9. The fourth-order valence-corrected chi connectivity index (χ4v) is 0.737. The largest absolute Gasteiger partial charge is 0.495 e. The van der Waals surface area contributed by atoms with E-state index in [2.05, 4.69) is 9.24 Å². The molecule has 1 rings (SSSR count). The average molecular weight is 181 g/mol. The van der Waals surface area contributed by atoms with Gasteiger partial charge in [0.2, 0.25) is 0 Å². The fraction of sp³-hybridized carbons (Fsp3) is 0.222. The van der Waals surface area contributed by atoms with Gasteiger partial charge in [0, 0.05) is 0 Å². The van der Waals surface area contributed by atoms with Crippen molar-refractivity contribution in [3.63, 3.8) is 0 Å². The molecular formula is C9H12NOP. The number of nitrogens with zero attached hydrogens (tertiary/aromatic N) is 1. The first-order valence-corrected chi connectivity index (χ1v) is 4.65. The summed E-state index contributed by atoms with van der Waals surface area (Å²) in [5.74, 6) is 0.630. The lowest BCUT2D eigenvalue weighted by Crippen LogP contribution is -1.85. The van der Waals surface area contributed by atoms with Gasteiger partial charge in [0.15, 0.2) is 0 Å². The summed E-state index contributed by atoms with van der Waals surface area (Å²) < 4.78 is 4.91. The molecular weight excluding hydrogens is 169 g/mol. The molecule has 0 fully saturated rings. The van der Waals surface area contributed by atoms with E-state index in [1.807, 2.05) is 18.8 Å². The van der Waals surface area contributed by atoms with Gasteiger partial charge in [-0.2, -0.15) is 5.26 Å². The first-order valence-electron chi connectivity index (χ1n) is 3.49. The monoisotopic (exact) mass is 181 g/mol. The van der Waals surface area contributed by atoms with Crippen LogP contribution in [0.4, 0.5) is 0 Å². The van der Waals surface area contributed by atoms with E-state index < -0.39 is 0 Å². The number of nitriles is 1. The minimum atomic E-state index is 0.574. The zero-order valence-corrected chi connectivity index (χ0v) is 8.40. The third-order valence-electron chi connectivity index (χ3n) is 1.23. The summed E-state index contributed by atoms with van der Waals surface area (Å²) >= 11 is 0. The van der Waals surface area contributed by atoms with Crippen LogP contribution >= 0.6 is 9.24 Å². The third kappa shape index (κ3) is 2.90. The predicted molar refractivity (Wildman–Crippen MR) is 53.3 cm³/mol. The van der Waals surface area contributed by atoms with Gasteiger partial charge in [0.1, 0.15) is 11.8 Å². The normalized spacial score (nSPS) is 7.50. The fourth-order valence-electron chi connectivity index (χ4n) is 0.737. The van der Waals surface area contributed by atoms with Gasteiger partial charge in [0.25, 0.3) is 0 Å². The maximum Gasteiger partial charge on any atom is 0.136 e. The highest BCUT2D eigenvalue weighted by molar-refractivity contribution is 7.15. The molecule has 12 heavy (non-hydrogen) atoms. The standard InChI is InChI=1S/C8H7NO.CH5P/c1-10-8-5-3-2-4-7(8)6-9;1-2/h2-5H,1H3;2H2,1H3. The zero-order chi connectivity index (χ0) is 9.40. The minimum absolute atomic E-state index is 0.574. The van der Waals surface area contributed by atoms with E-state index in [0.29, 0.717) is 11.3 Å². The van der Waals surface area contributed by atoms with E-state index in [4.69, 9.17) is 10.00 Å². The van der Waals surface area contributed by atoms with Crippen LogP contribution in [0.2, 0.25) is 0 Å². The third-order valence-corrected chi connectivity index (χ3v) is 1.23. The Morgan fingerprint density at radius 1 is 1.33 bits per heavy atom. The molecule has 1 aromatic carbocycles. The second kappa shape index (κ2) is 6.64. The van der Waals surface area contributed by atoms with Crippen LogP contribution in [0.1, 0.15) is 5.56 Å². The molecule has 3 heteroatoms. The number of benzene rings is 1. The number of para-hydroxylation sites is 1. The summed E-state index contributed by atoms with van der Waals surface area (Å²) in [7, 11) is 3.97. The molecule has 0 aliphatic rings. The molecule has 0 spiro atoms. The van der Waals surface area contributed by atoms with Crippen molar-refractivity contribution in [2.45, 2.75) is 0 Å². The molecule has 0 aliphatic carbocycles. The van der Waals surface area contributed by atoms with Crippen molar-refractivity contribution in [2.24, 2.45) is 0 Å². The molecule has 0 saturated heterocycles. The maximum absolute atomic E-state index is 8.52. The van der Waals surface area contributed by atoms with Crippen LogP contribution in [-0.2, 0) is 0 Å². The van der Waals surface area contributed by atoms with E-state index in [0.717, 1.165) is 0 Å². The second-order valence-electron chi connectivity index (χ2n) is 1.81. The van der Waals surface area contributed by atoms with Crippen molar-refractivity contribution < 1.29 is 4.74 Å². The highest BCUT2D eigenvalue weighted by Gasteiger charge is 1.96. The minimum Gasteiger partial charge on any atom is -0.495 e. The smallest absolute Gasteiger partial charge is 0.136 e. The van der Waals surface area contributed by atoms with E-state index in [9.17, 15) is 0 Å². The summed E-state index contributed by atoms with van der Waals surface area (Å²) in [6, 6.07) is 9.14. The van der Waals surface area contributed by atoms with E-state index in [1.54, 1.807) is 25.3 Å². The van der Waals surface area contributed by atoms with Crippen molar-refractivity contribution in [3.05, 3.63) is 29.8 Å². The Kier molecular flexibility index (Phi) is 6.05. The van der Waals surface area contributed by atoms with Gasteiger partial charge in [-0.05, 0) is 12.1 Å². The molecule has 1 unspecified atom stereocenters. The van der Waals surface area contributed by atoms with E-state index >= 15 is 0 Å². The lowest BCUT2D eigenvalue weighted by Gasteiger charge is -1.98. The summed E-state index contributed by atoms with van der Waals surface area (Å²) in [5.41, 5.74) is 0.574. The number of ether oxygens (including phenoxy) is 1. The van der Waals surface area contributed by atoms with Gasteiger partial charge in [0.05, 0.1) is 12.7 Å². The number of hydrogen-bond acceptors (Lipinski definition) is 2. The van der Waals surface area contributed by atoms with Crippen LogP contribution in [0, 0.1) is 11.3 Å². The van der Waals surface area contributed by atoms with Gasteiger partial charge in [-0.25, -0.2) is 0 Å². The lowest BCUT2D eigenvalue weighted by molar-refractivity contribution is 0.413. The Labute approximate surface area is 75.4 Å². The molecule has 0 bridgehead atoms. The summed E-state index contributed by atoms with van der Waals surface area (Å²) in [4.78, 5) is 0. The Morgan fingerprint density at radius 2 is 1.92 bits per heavy atom. The Hall–Kier alpha value is -1.06. The van der Waals surface area contributed by atoms with Crippen LogP contribution in [0.25, 0.3) is 0 Å². The predicted octanol–water partition coefficient (Wildman–Crippen LogP) is 2.06. The van der Waals surface area contributed by atoms with Gasteiger partial charge >= 0.3 is 0 Å². The highest BCUT2D eigenvalue weighted by atomic mass is 31.0. The molecule has 1 atom stereocenters. The molecule has 0 radical (unpaired) electrons. The number of methoxy groups -OCH3 is 1. The molecule has 64 valence electrons. The van der Waals surface area contributed by atoms with Crippen molar-refractivity contribution >= 4 is 9.24 Å². The maximum atomic E-state index is 8.52. The molecule has 1 aromatic rings. The van der Waals surface area contributed by atoms with Crippen molar-refractivity contribution in [2.75, 3.05) is 13.8 Å².